The lowest BCUT2D eigenvalue weighted by molar-refractivity contribution is 0.0553. The Balaban J connectivity index is 2.82. The normalized spacial score (nSPS) is 11.3. The summed E-state index contributed by atoms with van der Waals surface area (Å²) in [7, 11) is 0. The number of carbonyl (C=O) groups is 2. The monoisotopic (exact) mass is 401 g/mol. The Morgan fingerprint density at radius 2 is 1.67 bits per heavy atom. The molecule has 0 fully saturated rings. The molecule has 8 nitrogen and oxygen atoms in total. The van der Waals surface area contributed by atoms with Gasteiger partial charge in [0.2, 0.25) is 0 Å². The van der Waals surface area contributed by atoms with Gasteiger partial charge in [-0.2, -0.15) is 0 Å². The maximum Gasteiger partial charge on any atom is 0.413 e. The van der Waals surface area contributed by atoms with Gasteiger partial charge in [-0.3, -0.25) is 10.1 Å². The number of nitrogens with one attached hydrogen (secondary N) is 1. The minimum atomic E-state index is -0.607. The van der Waals surface area contributed by atoms with Crippen LogP contribution in [0.25, 0.3) is 0 Å². The summed E-state index contributed by atoms with van der Waals surface area (Å²) in [5.74, 6) is -0.151. The van der Waals surface area contributed by atoms with Crippen LogP contribution in [0, 0.1) is 6.92 Å². The summed E-state index contributed by atoms with van der Waals surface area (Å²) in [5, 5.41) is 2.92. The zero-order valence-corrected chi connectivity index (χ0v) is 17.9. The second-order valence-corrected chi connectivity index (χ2v) is 7.75. The van der Waals surface area contributed by atoms with Crippen molar-refractivity contribution >= 4 is 28.5 Å². The Morgan fingerprint density at radius 1 is 1.11 bits per heavy atom. The maximum atomic E-state index is 12.9. The van der Waals surface area contributed by atoms with Crippen molar-refractivity contribution in [3.8, 4) is 0 Å². The molecule has 0 aliphatic rings. The van der Waals surface area contributed by atoms with E-state index < -0.39 is 11.7 Å². The lowest BCUT2D eigenvalue weighted by Crippen LogP contribution is -2.36. The van der Waals surface area contributed by atoms with E-state index in [-0.39, 0.29) is 5.91 Å². The van der Waals surface area contributed by atoms with Gasteiger partial charge in [-0.15, -0.1) is 0 Å². The van der Waals surface area contributed by atoms with Crippen LogP contribution in [-0.4, -0.2) is 67.0 Å². The Labute approximate surface area is 165 Å². The van der Waals surface area contributed by atoms with Gasteiger partial charge in [-0.25, -0.2) is 9.78 Å². The van der Waals surface area contributed by atoms with Gasteiger partial charge in [0.1, 0.15) is 10.5 Å². The summed E-state index contributed by atoms with van der Waals surface area (Å²) < 4.78 is 16.0. The third-order valence-corrected chi connectivity index (χ3v) is 4.37. The molecule has 0 spiro atoms. The molecule has 0 aliphatic heterocycles. The van der Waals surface area contributed by atoms with Crippen LogP contribution in [0.2, 0.25) is 0 Å². The predicted molar refractivity (Wildman–Crippen MR) is 106 cm³/mol. The molecule has 1 aromatic rings. The Kier molecular flexibility index (Phi) is 9.68. The smallest absolute Gasteiger partial charge is 0.413 e. The molecule has 27 heavy (non-hydrogen) atoms. The summed E-state index contributed by atoms with van der Waals surface area (Å²) in [6.45, 7) is 13.9. The highest BCUT2D eigenvalue weighted by Gasteiger charge is 2.23. The van der Waals surface area contributed by atoms with E-state index in [1.54, 1.807) is 32.6 Å². The van der Waals surface area contributed by atoms with E-state index in [2.05, 4.69) is 10.3 Å². The summed E-state index contributed by atoms with van der Waals surface area (Å²) in [6, 6.07) is 0. The first-order chi connectivity index (χ1) is 12.7. The molecule has 0 atom stereocenters. The number of carbonyl (C=O) groups excluding carboxylic acids is 2. The molecule has 0 unspecified atom stereocenters. The number of aromatic nitrogens is 1. The second kappa shape index (κ2) is 11.2. The van der Waals surface area contributed by atoms with Gasteiger partial charge in [-0.1, -0.05) is 11.3 Å². The highest BCUT2D eigenvalue weighted by atomic mass is 32.1. The van der Waals surface area contributed by atoms with Crippen molar-refractivity contribution in [3.63, 3.8) is 0 Å². The number of hydrogen-bond acceptors (Lipinski definition) is 7. The number of amides is 2. The summed E-state index contributed by atoms with van der Waals surface area (Å²) >= 11 is 1.13. The SMILES string of the molecule is CCOCCN(CCOCC)C(=O)c1sc(NC(=O)OC(C)(C)C)nc1C. The van der Waals surface area contributed by atoms with Crippen LogP contribution < -0.4 is 5.32 Å². The molecular formula is C18H31N3O5S. The molecule has 0 bridgehead atoms. The van der Waals surface area contributed by atoms with Gasteiger partial charge in [0.05, 0.1) is 18.9 Å². The van der Waals surface area contributed by atoms with Crippen molar-refractivity contribution in [1.82, 2.24) is 9.88 Å². The fourth-order valence-electron chi connectivity index (χ4n) is 2.14. The molecule has 0 aromatic carbocycles. The highest BCUT2D eigenvalue weighted by molar-refractivity contribution is 7.17. The van der Waals surface area contributed by atoms with Gasteiger partial charge in [0.15, 0.2) is 5.13 Å². The molecule has 1 heterocycles. The van der Waals surface area contributed by atoms with E-state index in [0.717, 1.165) is 11.3 Å². The van der Waals surface area contributed by atoms with Crippen LogP contribution in [0.4, 0.5) is 9.93 Å². The lowest BCUT2D eigenvalue weighted by atomic mass is 10.2. The predicted octanol–water partition coefficient (Wildman–Crippen LogP) is 3.31. The van der Waals surface area contributed by atoms with E-state index in [9.17, 15) is 9.59 Å². The van der Waals surface area contributed by atoms with E-state index in [4.69, 9.17) is 14.2 Å². The number of nitrogens with zero attached hydrogens (tertiary/aromatic N) is 2. The van der Waals surface area contributed by atoms with Crippen LogP contribution >= 0.6 is 11.3 Å². The molecule has 9 heteroatoms. The highest BCUT2D eigenvalue weighted by Crippen LogP contribution is 2.24. The van der Waals surface area contributed by atoms with Crippen molar-refractivity contribution in [1.29, 1.82) is 0 Å². The van der Waals surface area contributed by atoms with E-state index in [0.29, 0.717) is 55.2 Å². The number of hydrogen-bond donors (Lipinski definition) is 1. The molecule has 0 aliphatic carbocycles. The second-order valence-electron chi connectivity index (χ2n) is 6.75. The van der Waals surface area contributed by atoms with Crippen molar-refractivity contribution in [3.05, 3.63) is 10.6 Å². The van der Waals surface area contributed by atoms with Crippen molar-refractivity contribution < 1.29 is 23.8 Å². The zero-order valence-electron chi connectivity index (χ0n) is 17.1. The number of ether oxygens (including phenoxy) is 3. The van der Waals surface area contributed by atoms with E-state index in [1.807, 2.05) is 13.8 Å². The van der Waals surface area contributed by atoms with Crippen LogP contribution in [-0.2, 0) is 14.2 Å². The standard InChI is InChI=1S/C18H31N3O5S/c1-7-24-11-9-21(10-12-25-8-2)15(22)14-13(3)19-16(27-14)20-17(23)26-18(4,5)6/h7-12H2,1-6H3,(H,19,20,23). The Bertz CT molecular complexity index is 603. The quantitative estimate of drug-likeness (QED) is 0.605. The molecule has 0 saturated heterocycles. The average Bonchev–Trinajstić information content (AvgIpc) is 2.91. The van der Waals surface area contributed by atoms with Gasteiger partial charge in [-0.05, 0) is 41.5 Å². The number of anilines is 1. The van der Waals surface area contributed by atoms with Crippen LogP contribution in [0.15, 0.2) is 0 Å². The maximum absolute atomic E-state index is 12.9. The number of aryl methyl sites for hydroxylation is 1. The van der Waals surface area contributed by atoms with Crippen molar-refractivity contribution in [2.24, 2.45) is 0 Å². The molecule has 1 rings (SSSR count). The topological polar surface area (TPSA) is 90.0 Å². The summed E-state index contributed by atoms with van der Waals surface area (Å²) in [5.41, 5.74) is -0.0430. The molecule has 1 N–H and O–H groups in total. The lowest BCUT2D eigenvalue weighted by Gasteiger charge is -2.22. The number of thiazole rings is 1. The minimum Gasteiger partial charge on any atom is -0.444 e. The third kappa shape index (κ3) is 8.68. The van der Waals surface area contributed by atoms with E-state index >= 15 is 0 Å². The molecule has 1 aromatic heterocycles. The average molecular weight is 402 g/mol. The summed E-state index contributed by atoms with van der Waals surface area (Å²) in [4.78, 5) is 31.3. The summed E-state index contributed by atoms with van der Waals surface area (Å²) in [6.07, 6.45) is -0.597. The first kappa shape index (κ1) is 23.3. The van der Waals surface area contributed by atoms with Crippen molar-refractivity contribution in [2.75, 3.05) is 44.8 Å². The number of rotatable bonds is 10. The van der Waals surface area contributed by atoms with Crippen molar-refractivity contribution in [2.45, 2.75) is 47.1 Å². The van der Waals surface area contributed by atoms with Crippen LogP contribution in [0.5, 0.6) is 0 Å². The molecule has 2 amide bonds. The van der Waals surface area contributed by atoms with Crippen LogP contribution in [0.3, 0.4) is 0 Å². The van der Waals surface area contributed by atoms with Gasteiger partial charge < -0.3 is 19.1 Å². The van der Waals surface area contributed by atoms with Crippen LogP contribution in [0.1, 0.15) is 50.0 Å². The Morgan fingerprint density at radius 3 is 2.15 bits per heavy atom. The first-order valence-electron chi connectivity index (χ1n) is 9.10. The first-order valence-corrected chi connectivity index (χ1v) is 9.91. The van der Waals surface area contributed by atoms with Gasteiger partial charge >= 0.3 is 6.09 Å². The Hall–Kier alpha value is -1.71. The molecule has 154 valence electrons. The fraction of sp³-hybridized carbons (Fsp3) is 0.722. The van der Waals surface area contributed by atoms with Gasteiger partial charge in [0.25, 0.3) is 5.91 Å². The van der Waals surface area contributed by atoms with E-state index in [1.165, 1.54) is 0 Å². The molecular weight excluding hydrogens is 370 g/mol. The zero-order chi connectivity index (χ0) is 20.4. The third-order valence-electron chi connectivity index (χ3n) is 3.31. The largest absolute Gasteiger partial charge is 0.444 e. The molecule has 0 saturated carbocycles. The fourth-order valence-corrected chi connectivity index (χ4v) is 3.06. The minimum absolute atomic E-state index is 0.151. The van der Waals surface area contributed by atoms with Gasteiger partial charge in [0, 0.05) is 26.3 Å². The molecule has 0 radical (unpaired) electrons.